The quantitative estimate of drug-likeness (QED) is 0.481. The molecule has 8 heteroatoms. The third kappa shape index (κ3) is 5.09. The molecule has 3 aromatic rings. The summed E-state index contributed by atoms with van der Waals surface area (Å²) < 4.78 is 5.45. The second kappa shape index (κ2) is 9.32. The maximum Gasteiger partial charge on any atom is 0.250 e. The van der Waals surface area contributed by atoms with Crippen LogP contribution in [0.4, 0.5) is 23.5 Å². The molecule has 0 radical (unpaired) electrons. The van der Waals surface area contributed by atoms with Gasteiger partial charge in [-0.15, -0.1) is 0 Å². The summed E-state index contributed by atoms with van der Waals surface area (Å²) in [7, 11) is 0. The fraction of sp³-hybridized carbons (Fsp3) is 0.273. The van der Waals surface area contributed by atoms with Gasteiger partial charge in [-0.3, -0.25) is 0 Å². The summed E-state index contributed by atoms with van der Waals surface area (Å²) >= 11 is 0. The summed E-state index contributed by atoms with van der Waals surface area (Å²) in [5, 5.41) is 7.61. The summed E-state index contributed by atoms with van der Waals surface area (Å²) in [4.78, 5) is 15.8. The van der Waals surface area contributed by atoms with Crippen molar-refractivity contribution < 1.29 is 4.74 Å². The van der Waals surface area contributed by atoms with Crippen molar-refractivity contribution in [3.63, 3.8) is 0 Å². The van der Waals surface area contributed by atoms with Crippen LogP contribution >= 0.6 is 0 Å². The highest BCUT2D eigenvalue weighted by Crippen LogP contribution is 2.22. The summed E-state index contributed by atoms with van der Waals surface area (Å²) in [6, 6.07) is 16.1. The van der Waals surface area contributed by atoms with Crippen LogP contribution < -0.4 is 15.6 Å². The smallest absolute Gasteiger partial charge is 0.250 e. The van der Waals surface area contributed by atoms with Gasteiger partial charge in [-0.05, 0) is 36.6 Å². The number of benzene rings is 2. The highest BCUT2D eigenvalue weighted by molar-refractivity contribution is 5.79. The standard InChI is InChI=1S/C22H25N7O/c1-16-8-9-17(2)19(14-16)24-20-25-21(28-23-15-18-6-4-3-5-7-18)27-22(26-20)29-10-12-30-13-11-29/h3-9,14-15H,10-13H2,1-2H3,(H2,24,25,26,27,28)/b23-15-. The Morgan fingerprint density at radius 3 is 2.53 bits per heavy atom. The fourth-order valence-electron chi connectivity index (χ4n) is 3.07. The molecule has 4 rings (SSSR count). The van der Waals surface area contributed by atoms with Gasteiger partial charge in [-0.25, -0.2) is 5.43 Å². The van der Waals surface area contributed by atoms with E-state index >= 15 is 0 Å². The van der Waals surface area contributed by atoms with Crippen molar-refractivity contribution in [2.45, 2.75) is 13.8 Å². The van der Waals surface area contributed by atoms with Crippen molar-refractivity contribution in [3.05, 3.63) is 65.2 Å². The zero-order valence-corrected chi connectivity index (χ0v) is 17.2. The van der Waals surface area contributed by atoms with Crippen LogP contribution in [0.15, 0.2) is 53.6 Å². The highest BCUT2D eigenvalue weighted by Gasteiger charge is 2.17. The second-order valence-corrected chi connectivity index (χ2v) is 7.11. The Kier molecular flexibility index (Phi) is 6.14. The molecule has 0 amide bonds. The lowest BCUT2D eigenvalue weighted by atomic mass is 10.1. The number of nitrogens with one attached hydrogen (secondary N) is 2. The number of anilines is 4. The molecule has 0 saturated carbocycles. The maximum atomic E-state index is 5.45. The Bertz CT molecular complexity index is 1020. The van der Waals surface area contributed by atoms with Crippen LogP contribution in [0.3, 0.4) is 0 Å². The van der Waals surface area contributed by atoms with Gasteiger partial charge in [0.05, 0.1) is 19.4 Å². The molecule has 154 valence electrons. The Hall–Kier alpha value is -3.52. The summed E-state index contributed by atoms with van der Waals surface area (Å²) in [6.45, 7) is 6.89. The van der Waals surface area contributed by atoms with E-state index in [0.29, 0.717) is 31.1 Å². The average molecular weight is 403 g/mol. The molecule has 2 N–H and O–H groups in total. The van der Waals surface area contributed by atoms with Gasteiger partial charge in [0.25, 0.3) is 0 Å². The molecule has 8 nitrogen and oxygen atoms in total. The molecule has 1 aromatic heterocycles. The van der Waals surface area contributed by atoms with Crippen LogP contribution in [0.5, 0.6) is 0 Å². The lowest BCUT2D eigenvalue weighted by molar-refractivity contribution is 0.122. The number of ether oxygens (including phenoxy) is 1. The van der Waals surface area contributed by atoms with E-state index in [4.69, 9.17) is 4.74 Å². The van der Waals surface area contributed by atoms with Gasteiger partial charge >= 0.3 is 0 Å². The second-order valence-electron chi connectivity index (χ2n) is 7.11. The first kappa shape index (κ1) is 19.8. The molecule has 1 saturated heterocycles. The molecule has 2 aromatic carbocycles. The molecular weight excluding hydrogens is 378 g/mol. The van der Waals surface area contributed by atoms with Gasteiger partial charge in [0, 0.05) is 18.8 Å². The first-order chi connectivity index (χ1) is 14.7. The van der Waals surface area contributed by atoms with Crippen molar-refractivity contribution in [3.8, 4) is 0 Å². The Morgan fingerprint density at radius 2 is 1.73 bits per heavy atom. The summed E-state index contributed by atoms with van der Waals surface area (Å²) in [5.74, 6) is 1.45. The number of hydrogen-bond acceptors (Lipinski definition) is 8. The normalized spacial score (nSPS) is 14.1. The fourth-order valence-corrected chi connectivity index (χ4v) is 3.07. The third-order valence-electron chi connectivity index (χ3n) is 4.73. The van der Waals surface area contributed by atoms with E-state index in [0.717, 1.165) is 35.5 Å². The summed E-state index contributed by atoms with van der Waals surface area (Å²) in [5.41, 5.74) is 7.17. The molecule has 0 atom stereocenters. The van der Waals surface area contributed by atoms with Gasteiger partial charge < -0.3 is 15.0 Å². The van der Waals surface area contributed by atoms with Crippen LogP contribution in [-0.4, -0.2) is 47.5 Å². The van der Waals surface area contributed by atoms with Gasteiger partial charge in [0.15, 0.2) is 0 Å². The van der Waals surface area contributed by atoms with Crippen molar-refractivity contribution in [1.29, 1.82) is 0 Å². The molecule has 30 heavy (non-hydrogen) atoms. The van der Waals surface area contributed by atoms with Crippen molar-refractivity contribution in [2.75, 3.05) is 41.9 Å². The minimum Gasteiger partial charge on any atom is -0.378 e. The van der Waals surface area contributed by atoms with Crippen LogP contribution in [0.25, 0.3) is 0 Å². The molecule has 0 spiro atoms. The number of aryl methyl sites for hydroxylation is 2. The summed E-state index contributed by atoms with van der Waals surface area (Å²) in [6.07, 6.45) is 1.73. The van der Waals surface area contributed by atoms with Crippen molar-refractivity contribution in [2.24, 2.45) is 5.10 Å². The predicted molar refractivity (Wildman–Crippen MR) is 120 cm³/mol. The van der Waals surface area contributed by atoms with E-state index < -0.39 is 0 Å². The van der Waals surface area contributed by atoms with Crippen LogP contribution in [0.2, 0.25) is 0 Å². The number of morpholine rings is 1. The Morgan fingerprint density at radius 1 is 0.967 bits per heavy atom. The van der Waals surface area contributed by atoms with Gasteiger partial charge in [0.1, 0.15) is 0 Å². The molecule has 1 aliphatic rings. The van der Waals surface area contributed by atoms with E-state index in [1.54, 1.807) is 6.21 Å². The maximum absolute atomic E-state index is 5.45. The first-order valence-electron chi connectivity index (χ1n) is 9.94. The van der Waals surface area contributed by atoms with Crippen LogP contribution in [0, 0.1) is 13.8 Å². The minimum absolute atomic E-state index is 0.381. The van der Waals surface area contributed by atoms with Crippen molar-refractivity contribution in [1.82, 2.24) is 15.0 Å². The van der Waals surface area contributed by atoms with Gasteiger partial charge in [-0.2, -0.15) is 20.1 Å². The van der Waals surface area contributed by atoms with E-state index in [1.807, 2.05) is 30.3 Å². The zero-order valence-electron chi connectivity index (χ0n) is 17.2. The van der Waals surface area contributed by atoms with Gasteiger partial charge in [0.2, 0.25) is 17.8 Å². The number of rotatable bonds is 6. The van der Waals surface area contributed by atoms with Crippen molar-refractivity contribution >= 4 is 29.7 Å². The number of hydrogen-bond donors (Lipinski definition) is 2. The molecule has 2 heterocycles. The highest BCUT2D eigenvalue weighted by atomic mass is 16.5. The zero-order chi connectivity index (χ0) is 20.8. The monoisotopic (exact) mass is 403 g/mol. The van der Waals surface area contributed by atoms with Crippen LogP contribution in [-0.2, 0) is 4.74 Å². The number of hydrazone groups is 1. The van der Waals surface area contributed by atoms with E-state index in [1.165, 1.54) is 0 Å². The average Bonchev–Trinajstić information content (AvgIpc) is 2.77. The molecule has 0 aliphatic carbocycles. The van der Waals surface area contributed by atoms with E-state index in [9.17, 15) is 0 Å². The lowest BCUT2D eigenvalue weighted by Crippen LogP contribution is -2.37. The predicted octanol–water partition coefficient (Wildman–Crippen LogP) is 3.51. The third-order valence-corrected chi connectivity index (χ3v) is 4.73. The topological polar surface area (TPSA) is 87.6 Å². The molecule has 0 unspecified atom stereocenters. The molecule has 1 aliphatic heterocycles. The lowest BCUT2D eigenvalue weighted by Gasteiger charge is -2.27. The SMILES string of the molecule is Cc1ccc(C)c(Nc2nc(N/N=C\c3ccccc3)nc(N3CCOCC3)n2)c1. The Balaban J connectivity index is 1.60. The number of nitrogens with zero attached hydrogens (tertiary/aromatic N) is 5. The minimum atomic E-state index is 0.381. The largest absolute Gasteiger partial charge is 0.378 e. The molecule has 0 bridgehead atoms. The first-order valence-corrected chi connectivity index (χ1v) is 9.94. The number of aromatic nitrogens is 3. The van der Waals surface area contributed by atoms with E-state index in [2.05, 4.69) is 67.7 Å². The molecule has 1 fully saturated rings. The van der Waals surface area contributed by atoms with Crippen LogP contribution in [0.1, 0.15) is 16.7 Å². The van der Waals surface area contributed by atoms with Gasteiger partial charge in [-0.1, -0.05) is 42.5 Å². The Labute approximate surface area is 176 Å². The molecular formula is C22H25N7O. The van der Waals surface area contributed by atoms with E-state index in [-0.39, 0.29) is 0 Å².